The molecule has 0 unspecified atom stereocenters. The van der Waals surface area contributed by atoms with Crippen LogP contribution in [0.2, 0.25) is 0 Å². The first-order valence-corrected chi connectivity index (χ1v) is 5.24. The van der Waals surface area contributed by atoms with Crippen molar-refractivity contribution < 1.29 is 0 Å². The summed E-state index contributed by atoms with van der Waals surface area (Å²) in [6, 6.07) is 6.17. The second-order valence-corrected chi connectivity index (χ2v) is 4.43. The molecule has 2 nitrogen and oxygen atoms in total. The molecule has 1 aromatic carbocycles. The van der Waals surface area contributed by atoms with Gasteiger partial charge in [-0.1, -0.05) is 12.1 Å². The Bertz CT molecular complexity index is 408. The van der Waals surface area contributed by atoms with E-state index in [1.54, 1.807) is 11.3 Å². The molecule has 2 N–H and O–H groups in total. The van der Waals surface area contributed by atoms with Gasteiger partial charge in [0.2, 0.25) is 0 Å². The number of thiazole rings is 1. The highest BCUT2D eigenvalue weighted by molar-refractivity contribution is 7.99. The van der Waals surface area contributed by atoms with E-state index in [4.69, 9.17) is 5.14 Å². The van der Waals surface area contributed by atoms with Crippen LogP contribution in [0.5, 0.6) is 0 Å². The van der Waals surface area contributed by atoms with Crippen molar-refractivity contribution in [1.29, 1.82) is 0 Å². The SMILES string of the molecule is Cc1cccc2sc(SN)nc12. The predicted octanol–water partition coefficient (Wildman–Crippen LogP) is 2.57. The molecule has 0 amide bonds. The Labute approximate surface area is 78.9 Å². The first-order chi connectivity index (χ1) is 5.81. The summed E-state index contributed by atoms with van der Waals surface area (Å²) in [6.07, 6.45) is 0. The Kier molecular flexibility index (Phi) is 2.04. The Morgan fingerprint density at radius 1 is 1.50 bits per heavy atom. The average Bonchev–Trinajstić information content (AvgIpc) is 2.49. The topological polar surface area (TPSA) is 38.9 Å². The molecule has 0 atom stereocenters. The van der Waals surface area contributed by atoms with Gasteiger partial charge in [0.1, 0.15) is 0 Å². The molecule has 0 spiro atoms. The molecule has 0 aliphatic rings. The summed E-state index contributed by atoms with van der Waals surface area (Å²) in [5.74, 6) is 0. The van der Waals surface area contributed by atoms with Crippen molar-refractivity contribution in [2.45, 2.75) is 11.3 Å². The minimum atomic E-state index is 0.930. The number of nitrogens with two attached hydrogens (primary N) is 1. The lowest BCUT2D eigenvalue weighted by Crippen LogP contribution is -1.77. The third kappa shape index (κ3) is 1.22. The smallest absolute Gasteiger partial charge is 0.165 e. The highest BCUT2D eigenvalue weighted by atomic mass is 32.2. The lowest BCUT2D eigenvalue weighted by molar-refractivity contribution is 1.28. The fraction of sp³-hybridized carbons (Fsp3) is 0.125. The Morgan fingerprint density at radius 3 is 3.00 bits per heavy atom. The van der Waals surface area contributed by atoms with Crippen LogP contribution in [0.15, 0.2) is 22.5 Å². The van der Waals surface area contributed by atoms with E-state index in [9.17, 15) is 0 Å². The summed E-state index contributed by atoms with van der Waals surface area (Å²) < 4.78 is 2.14. The van der Waals surface area contributed by atoms with Crippen molar-refractivity contribution in [2.75, 3.05) is 0 Å². The number of aryl methyl sites for hydroxylation is 1. The van der Waals surface area contributed by atoms with Gasteiger partial charge in [0.05, 0.1) is 10.2 Å². The number of hydrogen-bond acceptors (Lipinski definition) is 4. The maximum atomic E-state index is 5.43. The van der Waals surface area contributed by atoms with E-state index in [1.807, 2.05) is 6.07 Å². The van der Waals surface area contributed by atoms with Crippen molar-refractivity contribution >= 4 is 33.5 Å². The molecule has 1 heterocycles. The zero-order chi connectivity index (χ0) is 8.55. The monoisotopic (exact) mass is 196 g/mol. The van der Waals surface area contributed by atoms with Crippen molar-refractivity contribution in [2.24, 2.45) is 5.14 Å². The van der Waals surface area contributed by atoms with E-state index in [-0.39, 0.29) is 0 Å². The molecule has 4 heteroatoms. The zero-order valence-corrected chi connectivity index (χ0v) is 8.21. The first kappa shape index (κ1) is 8.04. The minimum Gasteiger partial charge on any atom is -0.272 e. The van der Waals surface area contributed by atoms with Crippen molar-refractivity contribution in [3.05, 3.63) is 23.8 Å². The molecule has 0 saturated carbocycles. The molecule has 1 aromatic heterocycles. The quantitative estimate of drug-likeness (QED) is 0.712. The number of rotatable bonds is 1. The summed E-state index contributed by atoms with van der Waals surface area (Å²) in [5.41, 5.74) is 2.29. The fourth-order valence-corrected chi connectivity index (χ4v) is 2.50. The molecule has 0 radical (unpaired) electrons. The Hall–Kier alpha value is -0.580. The van der Waals surface area contributed by atoms with E-state index >= 15 is 0 Å². The molecule has 0 aliphatic carbocycles. The van der Waals surface area contributed by atoms with Crippen molar-refractivity contribution in [1.82, 2.24) is 4.98 Å². The third-order valence-electron chi connectivity index (χ3n) is 1.70. The molecule has 0 aliphatic heterocycles. The van der Waals surface area contributed by atoms with Crippen LogP contribution in [0.3, 0.4) is 0 Å². The lowest BCUT2D eigenvalue weighted by atomic mass is 10.2. The van der Waals surface area contributed by atoms with Crippen LogP contribution in [0, 0.1) is 6.92 Å². The molecule has 2 aromatic rings. The van der Waals surface area contributed by atoms with E-state index in [2.05, 4.69) is 24.0 Å². The van der Waals surface area contributed by atoms with Gasteiger partial charge in [0.15, 0.2) is 4.34 Å². The summed E-state index contributed by atoms with van der Waals surface area (Å²) in [5, 5.41) is 5.43. The molecule has 62 valence electrons. The molecule has 2 rings (SSSR count). The first-order valence-electron chi connectivity index (χ1n) is 3.54. The zero-order valence-electron chi connectivity index (χ0n) is 6.57. The molecule has 0 bridgehead atoms. The van der Waals surface area contributed by atoms with Gasteiger partial charge in [-0.25, -0.2) is 4.98 Å². The third-order valence-corrected chi connectivity index (χ3v) is 3.35. The van der Waals surface area contributed by atoms with Crippen LogP contribution >= 0.6 is 23.3 Å². The van der Waals surface area contributed by atoms with Gasteiger partial charge < -0.3 is 0 Å². The Balaban J connectivity index is 2.74. The number of nitrogens with zero attached hydrogens (tertiary/aromatic N) is 1. The average molecular weight is 196 g/mol. The minimum absolute atomic E-state index is 0.930. The second-order valence-electron chi connectivity index (χ2n) is 2.52. The number of hydrogen-bond donors (Lipinski definition) is 1. The summed E-state index contributed by atoms with van der Waals surface area (Å²) in [4.78, 5) is 4.39. The van der Waals surface area contributed by atoms with Crippen molar-refractivity contribution in [3.8, 4) is 0 Å². The van der Waals surface area contributed by atoms with Gasteiger partial charge in [0.25, 0.3) is 0 Å². The molecular formula is C8H8N2S2. The second kappa shape index (κ2) is 3.05. The predicted molar refractivity (Wildman–Crippen MR) is 54.4 cm³/mol. The standard InChI is InChI=1S/C8H8N2S2/c1-5-3-2-4-6-7(5)10-8(11-6)12-9/h2-4H,9H2,1H3. The van der Waals surface area contributed by atoms with Crippen LogP contribution in [-0.4, -0.2) is 4.98 Å². The van der Waals surface area contributed by atoms with Crippen LogP contribution in [0.1, 0.15) is 5.56 Å². The lowest BCUT2D eigenvalue weighted by Gasteiger charge is -1.90. The van der Waals surface area contributed by atoms with Gasteiger partial charge in [-0.2, -0.15) is 0 Å². The number of para-hydroxylation sites is 1. The van der Waals surface area contributed by atoms with E-state index in [1.165, 1.54) is 22.2 Å². The number of aromatic nitrogens is 1. The normalized spacial score (nSPS) is 10.8. The summed E-state index contributed by atoms with van der Waals surface area (Å²) in [7, 11) is 0. The van der Waals surface area contributed by atoms with Crippen LogP contribution < -0.4 is 5.14 Å². The highest BCUT2D eigenvalue weighted by Crippen LogP contribution is 2.28. The van der Waals surface area contributed by atoms with E-state index in [0.717, 1.165) is 9.86 Å². The van der Waals surface area contributed by atoms with Gasteiger partial charge >= 0.3 is 0 Å². The summed E-state index contributed by atoms with van der Waals surface area (Å²) >= 11 is 2.85. The van der Waals surface area contributed by atoms with Crippen LogP contribution in [0.4, 0.5) is 0 Å². The number of fused-ring (bicyclic) bond motifs is 1. The van der Waals surface area contributed by atoms with Gasteiger partial charge in [0, 0.05) is 0 Å². The summed E-state index contributed by atoms with van der Waals surface area (Å²) in [6.45, 7) is 2.06. The van der Waals surface area contributed by atoms with Gasteiger partial charge in [-0.15, -0.1) is 11.3 Å². The maximum Gasteiger partial charge on any atom is 0.165 e. The highest BCUT2D eigenvalue weighted by Gasteiger charge is 2.03. The molecule has 12 heavy (non-hydrogen) atoms. The van der Waals surface area contributed by atoms with Gasteiger partial charge in [-0.3, -0.25) is 5.14 Å². The van der Waals surface area contributed by atoms with Crippen LogP contribution in [0.25, 0.3) is 10.2 Å². The largest absolute Gasteiger partial charge is 0.272 e. The van der Waals surface area contributed by atoms with E-state index in [0.29, 0.717) is 0 Å². The van der Waals surface area contributed by atoms with Crippen molar-refractivity contribution in [3.63, 3.8) is 0 Å². The molecule has 0 saturated heterocycles. The molecular weight excluding hydrogens is 188 g/mol. The van der Waals surface area contributed by atoms with Gasteiger partial charge in [-0.05, 0) is 30.5 Å². The Morgan fingerprint density at radius 2 is 2.33 bits per heavy atom. The maximum absolute atomic E-state index is 5.43. The fourth-order valence-electron chi connectivity index (χ4n) is 1.12. The molecule has 0 fully saturated rings. The van der Waals surface area contributed by atoms with E-state index < -0.39 is 0 Å². The van der Waals surface area contributed by atoms with Crippen LogP contribution in [-0.2, 0) is 0 Å². The number of benzene rings is 1.